The SMILES string of the molecule is O=S(=O)([O-])c1ccc(Cl)cc1.O=S(=O)([O-])c1ccc(Cl)cc1.O=S(=O)([O-])c1ccc(Cl)cc1.O=S(=O)([O-])c1ccc(Cl)cc1.O=S(=O)([O-])c1ccc(Cl)cc1.O=S(=O)([O-])c1ccc(Cl)cc1.O=S(=O)([O-])c1ccc(Cl)cc1.[Re]. The van der Waals surface area contributed by atoms with Crippen LogP contribution in [-0.4, -0.2) is 90.8 Å². The van der Waals surface area contributed by atoms with Gasteiger partial charge in [-0.3, -0.25) is 0 Å². The van der Waals surface area contributed by atoms with Gasteiger partial charge in [-0.05, 0) is 170 Å². The molecule has 36 heteroatoms. The maximum atomic E-state index is 10.3. The Kier molecular flexibility index (Phi) is 31.5. The van der Waals surface area contributed by atoms with E-state index < -0.39 is 70.8 Å². The normalized spacial score (nSPS) is 11.3. The van der Waals surface area contributed by atoms with E-state index in [0.29, 0.717) is 35.2 Å². The van der Waals surface area contributed by atoms with E-state index in [0.717, 1.165) is 0 Å². The summed E-state index contributed by atoms with van der Waals surface area (Å²) in [6, 6.07) is 35.3. The van der Waals surface area contributed by atoms with Crippen LogP contribution in [0, 0.1) is 0 Å². The molecule has 0 aliphatic heterocycles. The van der Waals surface area contributed by atoms with Gasteiger partial charge in [-0.1, -0.05) is 81.2 Å². The van der Waals surface area contributed by atoms with Crippen molar-refractivity contribution in [3.63, 3.8) is 0 Å². The van der Waals surface area contributed by atoms with Crippen molar-refractivity contribution in [1.29, 1.82) is 0 Å². The molecule has 0 N–H and O–H groups in total. The largest absolute Gasteiger partial charge is 0.744 e. The molecule has 0 aromatic heterocycles. The molecule has 1 radical (unpaired) electrons. The summed E-state index contributed by atoms with van der Waals surface area (Å²) < 4.78 is 217. The summed E-state index contributed by atoms with van der Waals surface area (Å²) in [6.45, 7) is 0. The zero-order chi connectivity index (χ0) is 59.4. The Morgan fingerprint density at radius 3 is 0.295 bits per heavy atom. The molecule has 0 heterocycles. The van der Waals surface area contributed by atoms with Crippen molar-refractivity contribution in [2.75, 3.05) is 0 Å². The van der Waals surface area contributed by atoms with Gasteiger partial charge in [0.15, 0.2) is 0 Å². The molecule has 0 bridgehead atoms. The molecule has 7 aromatic carbocycles. The van der Waals surface area contributed by atoms with Crippen LogP contribution in [-0.2, 0) is 91.2 Å². The molecule has 21 nitrogen and oxygen atoms in total. The first kappa shape index (κ1) is 74.6. The molecule has 0 saturated carbocycles. The molecule has 0 amide bonds. The predicted octanol–water partition coefficient (Wildman–Crippen LogP) is 8.71. The molecule has 7 rings (SSSR count). The summed E-state index contributed by atoms with van der Waals surface area (Å²) in [5.74, 6) is 0. The molecular formula is C42H28Cl7O21ReS7-7. The van der Waals surface area contributed by atoms with E-state index in [-0.39, 0.29) is 54.7 Å². The first-order chi connectivity index (χ1) is 35.0. The van der Waals surface area contributed by atoms with Crippen LogP contribution in [0.15, 0.2) is 204 Å². The maximum absolute atomic E-state index is 10.3. The molecular weight excluding hydrogens is 1500 g/mol. The number of halogens is 7. The summed E-state index contributed by atoms with van der Waals surface area (Å²) in [4.78, 5) is -1.83. The van der Waals surface area contributed by atoms with Crippen molar-refractivity contribution in [1.82, 2.24) is 0 Å². The summed E-state index contributed by atoms with van der Waals surface area (Å²) in [5.41, 5.74) is 0. The minimum atomic E-state index is -4.33. The third-order valence-corrected chi connectivity index (χ3v) is 15.4. The van der Waals surface area contributed by atoms with E-state index in [1.807, 2.05) is 0 Å². The molecule has 427 valence electrons. The molecule has 78 heavy (non-hydrogen) atoms. The van der Waals surface area contributed by atoms with Crippen molar-refractivity contribution in [3.05, 3.63) is 205 Å². The fourth-order valence-electron chi connectivity index (χ4n) is 4.21. The summed E-state index contributed by atoms with van der Waals surface area (Å²) >= 11 is 38.3. The standard InChI is InChI=1S/7C6H5ClO3S.Re/c7*7-5-1-3-6(4-2-5)11(8,9)10;/h7*1-4H,(H,8,9,10);/p-7. The zero-order valence-electron chi connectivity index (χ0n) is 37.6. The van der Waals surface area contributed by atoms with Gasteiger partial charge in [0.1, 0.15) is 70.8 Å². The molecule has 0 atom stereocenters. The Bertz CT molecular complexity index is 3110. The van der Waals surface area contributed by atoms with Crippen molar-refractivity contribution < 1.29 is 111 Å². The average molecular weight is 1530 g/mol. The Morgan fingerprint density at radius 2 is 0.244 bits per heavy atom. The molecule has 0 fully saturated rings. The van der Waals surface area contributed by atoms with Gasteiger partial charge in [0.05, 0.1) is 34.3 Å². The van der Waals surface area contributed by atoms with Crippen molar-refractivity contribution in [3.8, 4) is 0 Å². The fraction of sp³-hybridized carbons (Fsp3) is 0. The van der Waals surface area contributed by atoms with Gasteiger partial charge in [0.2, 0.25) is 0 Å². The smallest absolute Gasteiger partial charge is 0.124 e. The second-order valence-electron chi connectivity index (χ2n) is 13.4. The van der Waals surface area contributed by atoms with E-state index in [4.69, 9.17) is 81.2 Å². The Labute approximate surface area is 497 Å². The van der Waals surface area contributed by atoms with Crippen LogP contribution in [0.5, 0.6) is 0 Å². The van der Waals surface area contributed by atoms with Gasteiger partial charge in [0, 0.05) is 55.6 Å². The summed E-state index contributed by atoms with van der Waals surface area (Å²) in [7, 11) is -30.3. The minimum Gasteiger partial charge on any atom is -0.744 e. The number of benzene rings is 7. The van der Waals surface area contributed by atoms with E-state index in [2.05, 4.69) is 0 Å². The van der Waals surface area contributed by atoms with E-state index in [1.54, 1.807) is 0 Å². The second kappa shape index (κ2) is 32.9. The van der Waals surface area contributed by atoms with Crippen LogP contribution >= 0.6 is 81.2 Å². The number of hydrogen-bond acceptors (Lipinski definition) is 21. The molecule has 7 aromatic rings. The van der Waals surface area contributed by atoms with Gasteiger partial charge < -0.3 is 31.9 Å². The predicted molar refractivity (Wildman–Crippen MR) is 276 cm³/mol. The van der Waals surface area contributed by atoms with Gasteiger partial charge in [-0.15, -0.1) is 0 Å². The first-order valence-electron chi connectivity index (χ1n) is 19.0. The molecule has 0 unspecified atom stereocenters. The van der Waals surface area contributed by atoms with Gasteiger partial charge in [-0.25, -0.2) is 58.9 Å². The van der Waals surface area contributed by atoms with Crippen LogP contribution < -0.4 is 0 Å². The van der Waals surface area contributed by atoms with Crippen LogP contribution in [0.25, 0.3) is 0 Å². The molecule has 0 aliphatic carbocycles. The van der Waals surface area contributed by atoms with Gasteiger partial charge >= 0.3 is 0 Å². The van der Waals surface area contributed by atoms with Crippen LogP contribution in [0.3, 0.4) is 0 Å². The molecule has 0 aliphatic rings. The van der Waals surface area contributed by atoms with E-state index in [1.165, 1.54) is 170 Å². The first-order valence-corrected chi connectivity index (χ1v) is 31.5. The van der Waals surface area contributed by atoms with Crippen LogP contribution in [0.4, 0.5) is 0 Å². The average Bonchev–Trinajstić information content (AvgIpc) is 3.29. The number of hydrogen-bond donors (Lipinski definition) is 0. The van der Waals surface area contributed by atoms with E-state index >= 15 is 0 Å². The monoisotopic (exact) mass is 1520 g/mol. The maximum Gasteiger partial charge on any atom is 0.124 e. The third kappa shape index (κ3) is 31.6. The molecule has 0 spiro atoms. The van der Waals surface area contributed by atoms with Crippen molar-refractivity contribution >= 4 is 152 Å². The minimum absolute atomic E-state index is 0. The Morgan fingerprint density at radius 1 is 0.179 bits per heavy atom. The van der Waals surface area contributed by atoms with Gasteiger partial charge in [0.25, 0.3) is 0 Å². The summed E-state index contributed by atoms with van der Waals surface area (Å²) in [6.07, 6.45) is 0. The third-order valence-electron chi connectivity index (χ3n) is 7.72. The van der Waals surface area contributed by atoms with Gasteiger partial charge in [-0.2, -0.15) is 0 Å². The van der Waals surface area contributed by atoms with Crippen LogP contribution in [0.1, 0.15) is 0 Å². The van der Waals surface area contributed by atoms with Crippen LogP contribution in [0.2, 0.25) is 35.2 Å². The van der Waals surface area contributed by atoms with Crippen molar-refractivity contribution in [2.45, 2.75) is 34.3 Å². The topological polar surface area (TPSA) is 400 Å². The Balaban J connectivity index is 0.000000885. The molecule has 0 saturated heterocycles. The second-order valence-corrected chi connectivity index (χ2v) is 26.1. The zero-order valence-corrected chi connectivity index (χ0v) is 51.3. The van der Waals surface area contributed by atoms with E-state index in [9.17, 15) is 90.8 Å². The quantitative estimate of drug-likeness (QED) is 0.135. The Hall–Kier alpha value is -3.40. The summed E-state index contributed by atoms with van der Waals surface area (Å²) in [5, 5.41) is 2.80. The number of rotatable bonds is 7. The fourth-order valence-corrected chi connectivity index (χ4v) is 8.38. The van der Waals surface area contributed by atoms with Crippen molar-refractivity contribution in [2.24, 2.45) is 0 Å².